The molecule has 0 aromatic heterocycles. The van der Waals surface area contributed by atoms with Crippen molar-refractivity contribution in [2.75, 3.05) is 45.7 Å². The maximum atomic E-state index is 13.4. The Labute approximate surface area is 215 Å². The lowest BCUT2D eigenvalue weighted by Gasteiger charge is -2.37. The number of carbonyl (C=O) groups excluding carboxylic acids is 3. The average molecular weight is 505 g/mol. The Balaban J connectivity index is 1.92. The van der Waals surface area contributed by atoms with Crippen molar-refractivity contribution in [3.05, 3.63) is 18.2 Å². The summed E-state index contributed by atoms with van der Waals surface area (Å²) in [5.41, 5.74) is 0.480. The van der Waals surface area contributed by atoms with E-state index in [0.29, 0.717) is 49.8 Å². The van der Waals surface area contributed by atoms with Crippen LogP contribution in [0.1, 0.15) is 65.7 Å². The summed E-state index contributed by atoms with van der Waals surface area (Å²) >= 11 is 0. The molecular weight excluding hydrogens is 460 g/mol. The van der Waals surface area contributed by atoms with E-state index >= 15 is 0 Å². The maximum Gasteiger partial charge on any atom is 0.320 e. The number of hydrogen-bond acceptors (Lipinski definition) is 5. The highest BCUT2D eigenvalue weighted by atomic mass is 16.5. The second kappa shape index (κ2) is 15.2. The highest BCUT2D eigenvalue weighted by Crippen LogP contribution is 2.29. The Hall–Kier alpha value is -2.97. The number of benzene rings is 1. The number of ether oxygens (including phenoxy) is 2. The smallest absolute Gasteiger partial charge is 0.320 e. The molecule has 1 fully saturated rings. The number of nitrogens with zero attached hydrogens (tertiary/aromatic N) is 2. The van der Waals surface area contributed by atoms with E-state index in [0.717, 1.165) is 19.3 Å². The highest BCUT2D eigenvalue weighted by Gasteiger charge is 2.32. The van der Waals surface area contributed by atoms with Gasteiger partial charge in [-0.1, -0.05) is 52.9 Å². The summed E-state index contributed by atoms with van der Waals surface area (Å²) in [7, 11) is 3.07. The number of piperazine rings is 1. The fourth-order valence-electron chi connectivity index (χ4n) is 4.30. The molecule has 2 unspecified atom stereocenters. The number of anilines is 1. The lowest BCUT2D eigenvalue weighted by atomic mass is 9.97. The molecule has 2 atom stereocenters. The van der Waals surface area contributed by atoms with Gasteiger partial charge in [-0.25, -0.2) is 4.79 Å². The van der Waals surface area contributed by atoms with Gasteiger partial charge < -0.3 is 29.9 Å². The largest absolute Gasteiger partial charge is 0.497 e. The number of urea groups is 1. The van der Waals surface area contributed by atoms with Crippen molar-refractivity contribution in [1.82, 2.24) is 15.1 Å². The first kappa shape index (κ1) is 29.3. The molecule has 1 aromatic carbocycles. The minimum atomic E-state index is -0.667. The molecule has 4 amide bonds. The first-order valence-corrected chi connectivity index (χ1v) is 13.2. The normalized spacial score (nSPS) is 15.1. The van der Waals surface area contributed by atoms with Crippen molar-refractivity contribution in [2.24, 2.45) is 5.92 Å². The van der Waals surface area contributed by atoms with Crippen LogP contribution in [0.4, 0.5) is 10.5 Å². The van der Waals surface area contributed by atoms with Gasteiger partial charge in [-0.05, 0) is 24.5 Å². The summed E-state index contributed by atoms with van der Waals surface area (Å²) < 4.78 is 10.5. The van der Waals surface area contributed by atoms with Crippen LogP contribution in [0.5, 0.6) is 11.5 Å². The molecule has 0 radical (unpaired) electrons. The zero-order chi connectivity index (χ0) is 26.5. The van der Waals surface area contributed by atoms with Crippen molar-refractivity contribution in [1.29, 1.82) is 0 Å². The lowest BCUT2D eigenvalue weighted by molar-refractivity contribution is -0.141. The fraction of sp³-hybridized carbons (Fsp3) is 0.667. The van der Waals surface area contributed by atoms with E-state index in [1.54, 1.807) is 30.2 Å². The van der Waals surface area contributed by atoms with Crippen molar-refractivity contribution < 1.29 is 23.9 Å². The first-order chi connectivity index (χ1) is 17.3. The third kappa shape index (κ3) is 8.60. The third-order valence-electron chi connectivity index (χ3n) is 6.86. The molecule has 0 aliphatic carbocycles. The Kier molecular flexibility index (Phi) is 12.4. The number of carbonyl (C=O) groups is 3. The second-order valence-corrected chi connectivity index (χ2v) is 9.40. The van der Waals surface area contributed by atoms with E-state index in [1.807, 2.05) is 18.7 Å². The molecule has 2 N–H and O–H groups in total. The molecule has 1 saturated heterocycles. The summed E-state index contributed by atoms with van der Waals surface area (Å²) in [4.78, 5) is 42.4. The maximum absolute atomic E-state index is 13.4. The summed E-state index contributed by atoms with van der Waals surface area (Å²) in [5.74, 6) is 1.07. The molecule has 0 saturated carbocycles. The molecule has 1 aliphatic heterocycles. The zero-order valence-corrected chi connectivity index (χ0v) is 22.6. The van der Waals surface area contributed by atoms with Crippen LogP contribution in [0.25, 0.3) is 0 Å². The minimum absolute atomic E-state index is 0.0520. The van der Waals surface area contributed by atoms with Gasteiger partial charge in [0, 0.05) is 38.7 Å². The number of unbranched alkanes of at least 4 members (excludes halogenated alkanes) is 4. The van der Waals surface area contributed by atoms with Gasteiger partial charge in [-0.15, -0.1) is 0 Å². The van der Waals surface area contributed by atoms with Gasteiger partial charge in [0.05, 0.1) is 19.9 Å². The van der Waals surface area contributed by atoms with Crippen LogP contribution in [0.3, 0.4) is 0 Å². The fourth-order valence-corrected chi connectivity index (χ4v) is 4.30. The van der Waals surface area contributed by atoms with Crippen LogP contribution in [0.2, 0.25) is 0 Å². The second-order valence-electron chi connectivity index (χ2n) is 9.40. The Morgan fingerprint density at radius 2 is 1.61 bits per heavy atom. The van der Waals surface area contributed by atoms with Crippen LogP contribution in [-0.4, -0.2) is 74.1 Å². The van der Waals surface area contributed by atoms with Crippen LogP contribution in [-0.2, 0) is 9.59 Å². The third-order valence-corrected chi connectivity index (χ3v) is 6.86. The summed E-state index contributed by atoms with van der Waals surface area (Å²) in [5, 5.41) is 5.64. The first-order valence-electron chi connectivity index (χ1n) is 13.2. The van der Waals surface area contributed by atoms with E-state index in [-0.39, 0.29) is 17.7 Å². The molecule has 9 heteroatoms. The van der Waals surface area contributed by atoms with Gasteiger partial charge in [0.1, 0.15) is 17.5 Å². The summed E-state index contributed by atoms with van der Waals surface area (Å²) in [6.45, 7) is 8.14. The molecule has 1 heterocycles. The van der Waals surface area contributed by atoms with Gasteiger partial charge in [-0.2, -0.15) is 0 Å². The van der Waals surface area contributed by atoms with Crippen molar-refractivity contribution in [2.45, 2.75) is 71.8 Å². The van der Waals surface area contributed by atoms with E-state index in [1.165, 1.54) is 26.4 Å². The molecular formula is C27H44N4O5. The summed E-state index contributed by atoms with van der Waals surface area (Å²) in [6, 6.07) is 3.95. The van der Waals surface area contributed by atoms with Gasteiger partial charge in [0.25, 0.3) is 0 Å². The van der Waals surface area contributed by atoms with Crippen LogP contribution < -0.4 is 20.1 Å². The standard InChI is InChI=1S/C27H44N4O5/c1-6-8-9-10-11-12-24(32)30-15-17-31(18-16-30)26(33)25(20(3)7-2)29-27(34)28-22-14-13-21(35-4)19-23(22)36-5/h13-14,19-20,25H,6-12,15-18H2,1-5H3,(H2,28,29,34). The number of hydrogen-bond donors (Lipinski definition) is 2. The van der Waals surface area contributed by atoms with Crippen molar-refractivity contribution in [3.8, 4) is 11.5 Å². The molecule has 1 aliphatic rings. The molecule has 36 heavy (non-hydrogen) atoms. The van der Waals surface area contributed by atoms with Crippen LogP contribution >= 0.6 is 0 Å². The van der Waals surface area contributed by atoms with Gasteiger partial charge in [0.2, 0.25) is 11.8 Å². The Morgan fingerprint density at radius 1 is 0.944 bits per heavy atom. The molecule has 202 valence electrons. The molecule has 0 bridgehead atoms. The van der Waals surface area contributed by atoms with Crippen molar-refractivity contribution >= 4 is 23.5 Å². The molecule has 0 spiro atoms. The number of methoxy groups -OCH3 is 2. The monoisotopic (exact) mass is 504 g/mol. The number of amides is 4. The predicted octanol–water partition coefficient (Wildman–Crippen LogP) is 4.27. The predicted molar refractivity (Wildman–Crippen MR) is 141 cm³/mol. The SMILES string of the molecule is CCCCCCCC(=O)N1CCN(C(=O)C(NC(=O)Nc2ccc(OC)cc2OC)C(C)CC)CC1. The zero-order valence-electron chi connectivity index (χ0n) is 22.6. The number of nitrogens with one attached hydrogen (secondary N) is 2. The Bertz CT molecular complexity index is 855. The summed E-state index contributed by atoms with van der Waals surface area (Å²) in [6.07, 6.45) is 6.90. The van der Waals surface area contributed by atoms with E-state index in [9.17, 15) is 14.4 Å². The lowest BCUT2D eigenvalue weighted by Crippen LogP contribution is -2.57. The average Bonchev–Trinajstić information content (AvgIpc) is 2.90. The molecule has 2 rings (SSSR count). The number of rotatable bonds is 13. The van der Waals surface area contributed by atoms with Gasteiger partial charge in [-0.3, -0.25) is 9.59 Å². The highest BCUT2D eigenvalue weighted by molar-refractivity contribution is 5.95. The van der Waals surface area contributed by atoms with E-state index in [4.69, 9.17) is 9.47 Å². The molecule has 1 aromatic rings. The van der Waals surface area contributed by atoms with Crippen molar-refractivity contribution in [3.63, 3.8) is 0 Å². The quantitative estimate of drug-likeness (QED) is 0.391. The Morgan fingerprint density at radius 3 is 2.22 bits per heavy atom. The van der Waals surface area contributed by atoms with E-state index in [2.05, 4.69) is 17.6 Å². The van der Waals surface area contributed by atoms with Crippen LogP contribution in [0.15, 0.2) is 18.2 Å². The van der Waals surface area contributed by atoms with E-state index < -0.39 is 12.1 Å². The van der Waals surface area contributed by atoms with Crippen LogP contribution in [0, 0.1) is 5.92 Å². The topological polar surface area (TPSA) is 100 Å². The van der Waals surface area contributed by atoms with Gasteiger partial charge >= 0.3 is 6.03 Å². The minimum Gasteiger partial charge on any atom is -0.497 e. The molecule has 9 nitrogen and oxygen atoms in total. The van der Waals surface area contributed by atoms with Gasteiger partial charge in [0.15, 0.2) is 0 Å².